The zero-order valence-corrected chi connectivity index (χ0v) is 12.5. The highest BCUT2D eigenvalue weighted by Crippen LogP contribution is 2.32. The molecule has 110 valence electrons. The minimum atomic E-state index is 0.608. The van der Waals surface area contributed by atoms with Gasteiger partial charge >= 0.3 is 0 Å². The first-order valence-electron chi connectivity index (χ1n) is 8.06. The van der Waals surface area contributed by atoms with Crippen LogP contribution in [0.25, 0.3) is 10.8 Å². The van der Waals surface area contributed by atoms with Gasteiger partial charge < -0.3 is 10.6 Å². The molecular weight excluding hydrogens is 258 g/mol. The van der Waals surface area contributed by atoms with E-state index >= 15 is 0 Å². The van der Waals surface area contributed by atoms with Gasteiger partial charge in [0.05, 0.1) is 0 Å². The van der Waals surface area contributed by atoms with Gasteiger partial charge in [-0.3, -0.25) is 4.90 Å². The van der Waals surface area contributed by atoms with Crippen LogP contribution in [0.1, 0.15) is 18.4 Å². The van der Waals surface area contributed by atoms with Gasteiger partial charge in [0.25, 0.3) is 0 Å². The van der Waals surface area contributed by atoms with E-state index in [-0.39, 0.29) is 0 Å². The molecule has 3 heteroatoms. The quantitative estimate of drug-likeness (QED) is 0.918. The number of hydrogen-bond donors (Lipinski definition) is 1. The maximum atomic E-state index is 5.89. The first kappa shape index (κ1) is 13.1. The van der Waals surface area contributed by atoms with Crippen molar-refractivity contribution in [3.8, 4) is 0 Å². The molecule has 0 aliphatic carbocycles. The fraction of sp³-hybridized carbons (Fsp3) is 0.444. The molecule has 0 aromatic heterocycles. The van der Waals surface area contributed by atoms with Gasteiger partial charge in [0.15, 0.2) is 0 Å². The van der Waals surface area contributed by atoms with Crippen LogP contribution in [0, 0.1) is 0 Å². The topological polar surface area (TPSA) is 32.5 Å². The van der Waals surface area contributed by atoms with Crippen LogP contribution in [-0.4, -0.2) is 37.1 Å². The van der Waals surface area contributed by atoms with Crippen molar-refractivity contribution in [3.63, 3.8) is 0 Å². The predicted octanol–water partition coefficient (Wildman–Crippen LogP) is 2.58. The summed E-state index contributed by atoms with van der Waals surface area (Å²) < 4.78 is 0. The highest BCUT2D eigenvalue weighted by atomic mass is 15.3. The van der Waals surface area contributed by atoms with Gasteiger partial charge in [-0.1, -0.05) is 30.3 Å². The van der Waals surface area contributed by atoms with Gasteiger partial charge in [-0.05, 0) is 36.4 Å². The molecule has 3 nitrogen and oxygen atoms in total. The fourth-order valence-corrected chi connectivity index (χ4v) is 4.01. The van der Waals surface area contributed by atoms with E-state index in [9.17, 15) is 0 Å². The summed E-state index contributed by atoms with van der Waals surface area (Å²) in [4.78, 5) is 5.24. The summed E-state index contributed by atoms with van der Waals surface area (Å²) in [7, 11) is 0. The van der Waals surface area contributed by atoms with Gasteiger partial charge in [0, 0.05) is 43.3 Å². The number of rotatable bonds is 2. The van der Waals surface area contributed by atoms with E-state index in [2.05, 4.69) is 46.2 Å². The highest BCUT2D eigenvalue weighted by molar-refractivity contribution is 5.96. The molecule has 2 saturated heterocycles. The Morgan fingerprint density at radius 1 is 1.00 bits per heavy atom. The molecule has 0 spiro atoms. The molecule has 2 aromatic carbocycles. The first-order valence-corrected chi connectivity index (χ1v) is 8.06. The zero-order chi connectivity index (χ0) is 14.2. The lowest BCUT2D eigenvalue weighted by Gasteiger charge is -2.39. The molecule has 2 aliphatic rings. The number of benzene rings is 2. The second-order valence-electron chi connectivity index (χ2n) is 6.27. The average Bonchev–Trinajstić information content (AvgIpc) is 3.01. The van der Waals surface area contributed by atoms with Gasteiger partial charge in [-0.25, -0.2) is 0 Å². The van der Waals surface area contributed by atoms with Gasteiger partial charge in [-0.15, -0.1) is 0 Å². The van der Waals surface area contributed by atoms with Crippen LogP contribution in [0.2, 0.25) is 0 Å². The molecule has 2 N–H and O–H groups in total. The zero-order valence-electron chi connectivity index (χ0n) is 12.5. The number of nitrogens with zero attached hydrogens (tertiary/aromatic N) is 2. The van der Waals surface area contributed by atoms with Crippen molar-refractivity contribution in [1.29, 1.82) is 0 Å². The summed E-state index contributed by atoms with van der Waals surface area (Å²) in [5.74, 6) is 0. The molecule has 2 aromatic rings. The third-order valence-electron chi connectivity index (χ3n) is 5.14. The van der Waals surface area contributed by atoms with Crippen LogP contribution in [0.15, 0.2) is 36.4 Å². The second kappa shape index (κ2) is 5.32. The maximum Gasteiger partial charge on any atom is 0.0447 e. The van der Waals surface area contributed by atoms with Gasteiger partial charge in [0.2, 0.25) is 0 Å². The Kier molecular flexibility index (Phi) is 3.32. The second-order valence-corrected chi connectivity index (χ2v) is 6.27. The molecule has 1 unspecified atom stereocenters. The fourth-order valence-electron chi connectivity index (χ4n) is 4.01. The number of piperazine rings is 1. The van der Waals surface area contributed by atoms with Crippen molar-refractivity contribution < 1.29 is 0 Å². The lowest BCUT2D eigenvalue weighted by atomic mass is 10.0. The van der Waals surface area contributed by atoms with Gasteiger partial charge in [-0.2, -0.15) is 0 Å². The van der Waals surface area contributed by atoms with Crippen LogP contribution >= 0.6 is 0 Å². The molecule has 1 atom stereocenters. The monoisotopic (exact) mass is 281 g/mol. The van der Waals surface area contributed by atoms with Crippen molar-refractivity contribution in [2.24, 2.45) is 5.73 Å². The maximum absolute atomic E-state index is 5.89. The van der Waals surface area contributed by atoms with E-state index in [0.29, 0.717) is 6.54 Å². The normalized spacial score (nSPS) is 22.7. The highest BCUT2D eigenvalue weighted by Gasteiger charge is 2.31. The SMILES string of the molecule is NCc1ccc(N2CCN3CCCC3C2)c2ccccc12. The molecule has 2 aliphatic heterocycles. The molecule has 4 rings (SSSR count). The van der Waals surface area contributed by atoms with E-state index < -0.39 is 0 Å². The number of hydrogen-bond acceptors (Lipinski definition) is 3. The summed E-state index contributed by atoms with van der Waals surface area (Å²) in [6.07, 6.45) is 2.72. The number of nitrogens with two attached hydrogens (primary N) is 1. The van der Waals surface area contributed by atoms with E-state index in [1.54, 1.807) is 0 Å². The Hall–Kier alpha value is -1.58. The first-order chi connectivity index (χ1) is 10.4. The van der Waals surface area contributed by atoms with Crippen LogP contribution in [-0.2, 0) is 6.54 Å². The molecule has 21 heavy (non-hydrogen) atoms. The Labute approximate surface area is 126 Å². The molecule has 0 radical (unpaired) electrons. The van der Waals surface area contributed by atoms with Crippen LogP contribution in [0.4, 0.5) is 5.69 Å². The largest absolute Gasteiger partial charge is 0.368 e. The number of fused-ring (bicyclic) bond motifs is 2. The predicted molar refractivity (Wildman–Crippen MR) is 88.6 cm³/mol. The minimum Gasteiger partial charge on any atom is -0.368 e. The van der Waals surface area contributed by atoms with Crippen molar-refractivity contribution >= 4 is 16.5 Å². The Morgan fingerprint density at radius 2 is 1.86 bits per heavy atom. The van der Waals surface area contributed by atoms with Gasteiger partial charge in [0.1, 0.15) is 0 Å². The van der Waals surface area contributed by atoms with E-state index in [1.807, 2.05) is 0 Å². The summed E-state index contributed by atoms with van der Waals surface area (Å²) in [6.45, 7) is 5.43. The minimum absolute atomic E-state index is 0.608. The average molecular weight is 281 g/mol. The third-order valence-corrected chi connectivity index (χ3v) is 5.14. The molecular formula is C18H23N3. The van der Waals surface area contributed by atoms with Crippen molar-refractivity contribution in [1.82, 2.24) is 4.90 Å². The van der Waals surface area contributed by atoms with Crippen LogP contribution in [0.3, 0.4) is 0 Å². The van der Waals surface area contributed by atoms with E-state index in [0.717, 1.165) is 12.6 Å². The van der Waals surface area contributed by atoms with Crippen molar-refractivity contribution in [2.45, 2.75) is 25.4 Å². The molecule has 0 saturated carbocycles. The number of anilines is 1. The van der Waals surface area contributed by atoms with E-state index in [1.165, 1.54) is 54.5 Å². The molecule has 2 fully saturated rings. The Morgan fingerprint density at radius 3 is 2.71 bits per heavy atom. The van der Waals surface area contributed by atoms with Crippen molar-refractivity contribution in [3.05, 3.63) is 42.0 Å². The summed E-state index contributed by atoms with van der Waals surface area (Å²) >= 11 is 0. The van der Waals surface area contributed by atoms with Crippen molar-refractivity contribution in [2.75, 3.05) is 31.1 Å². The summed E-state index contributed by atoms with van der Waals surface area (Å²) in [5, 5.41) is 2.67. The molecule has 2 heterocycles. The molecule has 0 amide bonds. The lowest BCUT2D eigenvalue weighted by Crippen LogP contribution is -2.50. The van der Waals surface area contributed by atoms with Crippen LogP contribution < -0.4 is 10.6 Å². The van der Waals surface area contributed by atoms with E-state index in [4.69, 9.17) is 5.73 Å². The Balaban J connectivity index is 1.73. The third kappa shape index (κ3) is 2.21. The molecule has 0 bridgehead atoms. The smallest absolute Gasteiger partial charge is 0.0447 e. The summed E-state index contributed by atoms with van der Waals surface area (Å²) in [5.41, 5.74) is 8.52. The Bertz CT molecular complexity index is 652. The lowest BCUT2D eigenvalue weighted by molar-refractivity contribution is 0.231. The summed E-state index contributed by atoms with van der Waals surface area (Å²) in [6, 6.07) is 13.9. The van der Waals surface area contributed by atoms with Crippen LogP contribution in [0.5, 0.6) is 0 Å². The standard InChI is InChI=1S/C18H23N3/c19-12-14-7-8-18(17-6-2-1-5-16(14)17)21-11-10-20-9-3-4-15(20)13-21/h1-2,5-8,15H,3-4,9-13,19H2.